The van der Waals surface area contributed by atoms with Crippen molar-refractivity contribution in [3.63, 3.8) is 0 Å². The summed E-state index contributed by atoms with van der Waals surface area (Å²) in [5.41, 5.74) is 6.85. The van der Waals surface area contributed by atoms with Crippen molar-refractivity contribution in [3.05, 3.63) is 24.4 Å². The van der Waals surface area contributed by atoms with E-state index < -0.39 is 0 Å². The number of hydrogen-bond donors (Lipinski definition) is 1. The van der Waals surface area contributed by atoms with E-state index in [1.165, 1.54) is 5.70 Å². The molecule has 0 aromatic carbocycles. The number of thioether (sulfide) groups is 1. The molecule has 2 N–H and O–H groups in total. The predicted molar refractivity (Wildman–Crippen MR) is 62.3 cm³/mol. The molecule has 2 heterocycles. The standard InChI is InChI=1S/C10H15N3S/c1-2-5-13-6-3-8-9(4-7-13)14-10(11)12-8/h2-3,9H,1,4-7H2,(H2,11,12). The van der Waals surface area contributed by atoms with Crippen molar-refractivity contribution in [3.8, 4) is 0 Å². The Labute approximate surface area is 88.8 Å². The lowest BCUT2D eigenvalue weighted by Gasteiger charge is -2.16. The first-order valence-electron chi connectivity index (χ1n) is 4.83. The Morgan fingerprint density at radius 2 is 2.64 bits per heavy atom. The normalized spacial score (nSPS) is 27.6. The third-order valence-corrected chi connectivity index (χ3v) is 3.58. The van der Waals surface area contributed by atoms with Gasteiger partial charge in [-0.3, -0.25) is 4.90 Å². The molecule has 3 nitrogen and oxygen atoms in total. The SMILES string of the molecule is C=CCN1CC=C2N=C(N)SC2CC1. The molecule has 0 radical (unpaired) electrons. The maximum absolute atomic E-state index is 5.68. The number of nitrogens with two attached hydrogens (primary N) is 1. The molecule has 0 fully saturated rings. The van der Waals surface area contributed by atoms with E-state index in [0.717, 1.165) is 31.2 Å². The number of rotatable bonds is 2. The summed E-state index contributed by atoms with van der Waals surface area (Å²) in [6.45, 7) is 6.78. The molecular weight excluding hydrogens is 194 g/mol. The smallest absolute Gasteiger partial charge is 0.159 e. The second-order valence-corrected chi connectivity index (χ2v) is 4.75. The summed E-state index contributed by atoms with van der Waals surface area (Å²) in [7, 11) is 0. The van der Waals surface area contributed by atoms with Gasteiger partial charge < -0.3 is 5.73 Å². The summed E-state index contributed by atoms with van der Waals surface area (Å²) < 4.78 is 0. The predicted octanol–water partition coefficient (Wildman–Crippen LogP) is 1.19. The van der Waals surface area contributed by atoms with Crippen molar-refractivity contribution in [2.24, 2.45) is 10.7 Å². The van der Waals surface area contributed by atoms with Crippen LogP contribution in [0.5, 0.6) is 0 Å². The first-order valence-corrected chi connectivity index (χ1v) is 5.71. The van der Waals surface area contributed by atoms with Gasteiger partial charge in [-0.1, -0.05) is 17.8 Å². The average molecular weight is 209 g/mol. The van der Waals surface area contributed by atoms with Gasteiger partial charge in [0.15, 0.2) is 5.17 Å². The molecule has 2 rings (SSSR count). The van der Waals surface area contributed by atoms with Crippen LogP contribution in [0.15, 0.2) is 29.4 Å². The monoisotopic (exact) mass is 209 g/mol. The van der Waals surface area contributed by atoms with Crippen LogP contribution >= 0.6 is 11.8 Å². The maximum Gasteiger partial charge on any atom is 0.159 e. The van der Waals surface area contributed by atoms with Gasteiger partial charge in [-0.05, 0) is 12.5 Å². The third kappa shape index (κ3) is 2.01. The number of amidine groups is 1. The molecule has 14 heavy (non-hydrogen) atoms. The van der Waals surface area contributed by atoms with E-state index >= 15 is 0 Å². The van der Waals surface area contributed by atoms with Gasteiger partial charge in [-0.15, -0.1) is 6.58 Å². The second-order valence-electron chi connectivity index (χ2n) is 3.52. The van der Waals surface area contributed by atoms with Crippen molar-refractivity contribution in [1.82, 2.24) is 4.90 Å². The van der Waals surface area contributed by atoms with Crippen LogP contribution in [0.1, 0.15) is 6.42 Å². The van der Waals surface area contributed by atoms with E-state index in [4.69, 9.17) is 5.73 Å². The van der Waals surface area contributed by atoms with Crippen LogP contribution in [-0.2, 0) is 0 Å². The van der Waals surface area contributed by atoms with Crippen LogP contribution in [0.3, 0.4) is 0 Å². The van der Waals surface area contributed by atoms with E-state index in [0.29, 0.717) is 5.25 Å². The minimum Gasteiger partial charge on any atom is -0.378 e. The van der Waals surface area contributed by atoms with Crippen molar-refractivity contribution in [1.29, 1.82) is 0 Å². The lowest BCUT2D eigenvalue weighted by molar-refractivity contribution is 0.338. The molecule has 0 bridgehead atoms. The first kappa shape index (κ1) is 9.80. The van der Waals surface area contributed by atoms with Gasteiger partial charge in [0.25, 0.3) is 0 Å². The van der Waals surface area contributed by atoms with Crippen LogP contribution in [0, 0.1) is 0 Å². The van der Waals surface area contributed by atoms with Crippen molar-refractivity contribution in [2.75, 3.05) is 19.6 Å². The average Bonchev–Trinajstić information content (AvgIpc) is 2.42. The first-order chi connectivity index (χ1) is 6.79. The van der Waals surface area contributed by atoms with E-state index in [2.05, 4.69) is 22.5 Å². The summed E-state index contributed by atoms with van der Waals surface area (Å²) >= 11 is 1.69. The Kier molecular flexibility index (Phi) is 2.93. The molecule has 0 aliphatic carbocycles. The highest BCUT2D eigenvalue weighted by Gasteiger charge is 2.25. The molecule has 76 valence electrons. The summed E-state index contributed by atoms with van der Waals surface area (Å²) in [5, 5.41) is 1.21. The Hall–Kier alpha value is -0.740. The summed E-state index contributed by atoms with van der Waals surface area (Å²) in [6.07, 6.45) is 5.27. The second kappa shape index (κ2) is 4.19. The highest BCUT2D eigenvalue weighted by atomic mass is 32.2. The summed E-state index contributed by atoms with van der Waals surface area (Å²) in [4.78, 5) is 6.70. The Bertz CT molecular complexity index is 296. The van der Waals surface area contributed by atoms with Gasteiger partial charge in [0, 0.05) is 19.6 Å². The fourth-order valence-electron chi connectivity index (χ4n) is 1.78. The van der Waals surface area contributed by atoms with Crippen LogP contribution in [0.4, 0.5) is 0 Å². The molecule has 0 amide bonds. The molecular formula is C10H15N3S. The molecule has 0 saturated carbocycles. The lowest BCUT2D eigenvalue weighted by Crippen LogP contribution is -2.25. The quantitative estimate of drug-likeness (QED) is 0.695. The van der Waals surface area contributed by atoms with E-state index in [1.54, 1.807) is 11.8 Å². The summed E-state index contributed by atoms with van der Waals surface area (Å²) in [6, 6.07) is 0. The van der Waals surface area contributed by atoms with E-state index in [9.17, 15) is 0 Å². The van der Waals surface area contributed by atoms with Crippen LogP contribution < -0.4 is 5.73 Å². The largest absolute Gasteiger partial charge is 0.378 e. The molecule has 0 saturated heterocycles. The number of nitrogens with zero attached hydrogens (tertiary/aromatic N) is 2. The topological polar surface area (TPSA) is 41.6 Å². The zero-order chi connectivity index (χ0) is 9.97. The number of aliphatic imine (C=N–C) groups is 1. The van der Waals surface area contributed by atoms with Gasteiger partial charge in [0.1, 0.15) is 0 Å². The fraction of sp³-hybridized carbons (Fsp3) is 0.500. The molecule has 0 aromatic rings. The third-order valence-electron chi connectivity index (χ3n) is 2.49. The zero-order valence-corrected chi connectivity index (χ0v) is 8.96. The fourth-order valence-corrected chi connectivity index (χ4v) is 2.72. The molecule has 4 heteroatoms. The molecule has 1 unspecified atom stereocenters. The molecule has 1 atom stereocenters. The maximum atomic E-state index is 5.68. The summed E-state index contributed by atoms with van der Waals surface area (Å²) in [5.74, 6) is 0. The van der Waals surface area contributed by atoms with Crippen molar-refractivity contribution < 1.29 is 0 Å². The molecule has 2 aliphatic rings. The van der Waals surface area contributed by atoms with Gasteiger partial charge in [-0.2, -0.15) is 0 Å². The minimum absolute atomic E-state index is 0.491. The van der Waals surface area contributed by atoms with Gasteiger partial charge in [0.05, 0.1) is 10.9 Å². The van der Waals surface area contributed by atoms with Crippen LogP contribution in [0.2, 0.25) is 0 Å². The van der Waals surface area contributed by atoms with Gasteiger partial charge in [-0.25, -0.2) is 4.99 Å². The van der Waals surface area contributed by atoms with Crippen molar-refractivity contribution in [2.45, 2.75) is 11.7 Å². The lowest BCUT2D eigenvalue weighted by atomic mass is 10.2. The van der Waals surface area contributed by atoms with Crippen LogP contribution in [0.25, 0.3) is 0 Å². The van der Waals surface area contributed by atoms with Crippen molar-refractivity contribution >= 4 is 16.9 Å². The number of fused-ring (bicyclic) bond motifs is 1. The highest BCUT2D eigenvalue weighted by Crippen LogP contribution is 2.32. The Morgan fingerprint density at radius 1 is 1.79 bits per heavy atom. The molecule has 2 aliphatic heterocycles. The number of hydrogen-bond acceptors (Lipinski definition) is 4. The minimum atomic E-state index is 0.491. The Balaban J connectivity index is 2.04. The zero-order valence-electron chi connectivity index (χ0n) is 8.15. The molecule has 0 aromatic heterocycles. The highest BCUT2D eigenvalue weighted by molar-refractivity contribution is 8.14. The van der Waals surface area contributed by atoms with E-state index in [1.807, 2.05) is 6.08 Å². The molecule has 0 spiro atoms. The van der Waals surface area contributed by atoms with Gasteiger partial charge in [0.2, 0.25) is 0 Å². The van der Waals surface area contributed by atoms with Crippen LogP contribution in [-0.4, -0.2) is 35.0 Å². The van der Waals surface area contributed by atoms with E-state index in [-0.39, 0.29) is 0 Å². The van der Waals surface area contributed by atoms with Gasteiger partial charge >= 0.3 is 0 Å². The Morgan fingerprint density at radius 3 is 3.43 bits per heavy atom.